The topological polar surface area (TPSA) is 38.7 Å². The van der Waals surface area contributed by atoms with Crippen molar-refractivity contribution in [3.05, 3.63) is 0 Å². The van der Waals surface area contributed by atoms with Gasteiger partial charge < -0.3 is 14.6 Å². The van der Waals surface area contributed by atoms with Gasteiger partial charge in [-0.1, -0.05) is 0 Å². The van der Waals surface area contributed by atoms with Gasteiger partial charge in [0, 0.05) is 6.42 Å². The van der Waals surface area contributed by atoms with Crippen molar-refractivity contribution in [2.75, 3.05) is 6.61 Å². The van der Waals surface area contributed by atoms with Crippen LogP contribution in [-0.4, -0.2) is 36.1 Å². The second-order valence-corrected chi connectivity index (χ2v) is 3.63. The summed E-state index contributed by atoms with van der Waals surface area (Å²) in [5, 5.41) is 8.96. The Morgan fingerprint density at radius 2 is 2.25 bits per heavy atom. The molecular formula is C9H18O3. The van der Waals surface area contributed by atoms with Crippen molar-refractivity contribution in [1.29, 1.82) is 0 Å². The molecule has 0 bridgehead atoms. The zero-order chi connectivity index (χ0) is 9.14. The van der Waals surface area contributed by atoms with Crippen LogP contribution in [0.4, 0.5) is 0 Å². The Kier molecular flexibility index (Phi) is 3.50. The molecule has 1 heterocycles. The lowest BCUT2D eigenvalue weighted by Crippen LogP contribution is -2.29. The lowest BCUT2D eigenvalue weighted by molar-refractivity contribution is -0.0626. The minimum Gasteiger partial charge on any atom is -0.394 e. The molecule has 0 unspecified atom stereocenters. The third-order valence-corrected chi connectivity index (χ3v) is 2.01. The number of aliphatic hydroxyl groups is 1. The van der Waals surface area contributed by atoms with Crippen molar-refractivity contribution in [2.45, 2.75) is 51.6 Å². The molecule has 0 aromatic heterocycles. The van der Waals surface area contributed by atoms with Crippen LogP contribution in [0.1, 0.15) is 27.2 Å². The average Bonchev–Trinajstić information content (AvgIpc) is 2.29. The Labute approximate surface area is 73.7 Å². The second kappa shape index (κ2) is 4.21. The summed E-state index contributed by atoms with van der Waals surface area (Å²) in [5.74, 6) is 0. The highest BCUT2D eigenvalue weighted by Crippen LogP contribution is 2.23. The summed E-state index contributed by atoms with van der Waals surface area (Å²) < 4.78 is 11.0. The highest BCUT2D eigenvalue weighted by atomic mass is 16.6. The van der Waals surface area contributed by atoms with Gasteiger partial charge in [0.1, 0.15) is 6.10 Å². The van der Waals surface area contributed by atoms with Crippen LogP contribution in [0.15, 0.2) is 0 Å². The molecule has 0 saturated carbocycles. The molecule has 12 heavy (non-hydrogen) atoms. The summed E-state index contributed by atoms with van der Waals surface area (Å²) in [6.45, 7) is 6.06. The zero-order valence-electron chi connectivity index (χ0n) is 7.99. The van der Waals surface area contributed by atoms with Gasteiger partial charge in [0.05, 0.1) is 24.9 Å². The second-order valence-electron chi connectivity index (χ2n) is 3.63. The van der Waals surface area contributed by atoms with E-state index >= 15 is 0 Å². The quantitative estimate of drug-likeness (QED) is 0.692. The smallest absolute Gasteiger partial charge is 0.107 e. The average molecular weight is 174 g/mol. The maximum absolute atomic E-state index is 8.96. The fourth-order valence-corrected chi connectivity index (χ4v) is 1.57. The van der Waals surface area contributed by atoms with Gasteiger partial charge in [-0.15, -0.1) is 0 Å². The number of ether oxygens (including phenoxy) is 2. The van der Waals surface area contributed by atoms with Crippen LogP contribution in [0, 0.1) is 0 Å². The molecule has 0 aromatic rings. The fraction of sp³-hybridized carbons (Fsp3) is 1.00. The third-order valence-electron chi connectivity index (χ3n) is 2.01. The van der Waals surface area contributed by atoms with E-state index in [4.69, 9.17) is 14.6 Å². The predicted molar refractivity (Wildman–Crippen MR) is 46.0 cm³/mol. The van der Waals surface area contributed by atoms with Crippen LogP contribution in [-0.2, 0) is 9.47 Å². The minimum atomic E-state index is -0.123. The molecule has 1 aliphatic rings. The summed E-state index contributed by atoms with van der Waals surface area (Å²) in [4.78, 5) is 0. The van der Waals surface area contributed by atoms with Crippen molar-refractivity contribution < 1.29 is 14.6 Å². The van der Waals surface area contributed by atoms with E-state index in [0.29, 0.717) is 0 Å². The van der Waals surface area contributed by atoms with Crippen molar-refractivity contribution in [3.63, 3.8) is 0 Å². The number of hydrogen-bond donors (Lipinski definition) is 1. The van der Waals surface area contributed by atoms with Gasteiger partial charge in [-0.3, -0.25) is 0 Å². The first-order valence-corrected chi connectivity index (χ1v) is 4.55. The van der Waals surface area contributed by atoms with Crippen LogP contribution in [0.2, 0.25) is 0 Å². The maximum Gasteiger partial charge on any atom is 0.107 e. The number of aliphatic hydroxyl groups excluding tert-OH is 1. The number of rotatable bonds is 3. The standard InChI is InChI=1S/C9H18O3/c1-6(2)11-8-4-7(3)12-9(8)5-10/h6-10H,4-5H2,1-3H3/t7-,8+,9-/m0/s1. The molecule has 1 N–H and O–H groups in total. The van der Waals surface area contributed by atoms with Crippen molar-refractivity contribution in [3.8, 4) is 0 Å². The van der Waals surface area contributed by atoms with Gasteiger partial charge in [-0.25, -0.2) is 0 Å². The van der Waals surface area contributed by atoms with Crippen LogP contribution in [0.3, 0.4) is 0 Å². The summed E-state index contributed by atoms with van der Waals surface area (Å²) in [6, 6.07) is 0. The van der Waals surface area contributed by atoms with Gasteiger partial charge in [0.2, 0.25) is 0 Å². The van der Waals surface area contributed by atoms with E-state index in [2.05, 4.69) is 0 Å². The summed E-state index contributed by atoms with van der Waals surface area (Å²) in [5.41, 5.74) is 0. The lowest BCUT2D eigenvalue weighted by Gasteiger charge is -2.19. The molecule has 0 spiro atoms. The molecule has 1 rings (SSSR count). The van der Waals surface area contributed by atoms with Gasteiger partial charge in [-0.2, -0.15) is 0 Å². The minimum absolute atomic E-state index is 0.0573. The molecule has 1 fully saturated rings. The lowest BCUT2D eigenvalue weighted by atomic mass is 10.1. The number of hydrogen-bond acceptors (Lipinski definition) is 3. The van der Waals surface area contributed by atoms with Crippen molar-refractivity contribution in [2.24, 2.45) is 0 Å². The molecule has 3 heteroatoms. The predicted octanol–water partition coefficient (Wildman–Crippen LogP) is 0.950. The highest BCUT2D eigenvalue weighted by Gasteiger charge is 2.33. The van der Waals surface area contributed by atoms with E-state index < -0.39 is 0 Å². The van der Waals surface area contributed by atoms with Gasteiger partial charge in [0.15, 0.2) is 0 Å². The Morgan fingerprint density at radius 1 is 1.58 bits per heavy atom. The maximum atomic E-state index is 8.96. The first-order chi connectivity index (χ1) is 5.63. The molecule has 0 amide bonds. The molecule has 1 saturated heterocycles. The Balaban J connectivity index is 2.40. The Hall–Kier alpha value is -0.120. The van der Waals surface area contributed by atoms with Crippen LogP contribution >= 0.6 is 0 Å². The molecule has 72 valence electrons. The molecule has 0 aliphatic carbocycles. The van der Waals surface area contributed by atoms with E-state index in [1.807, 2.05) is 20.8 Å². The summed E-state index contributed by atoms with van der Waals surface area (Å²) >= 11 is 0. The molecule has 3 atom stereocenters. The molecule has 3 nitrogen and oxygen atoms in total. The van der Waals surface area contributed by atoms with E-state index in [0.717, 1.165) is 6.42 Å². The zero-order valence-corrected chi connectivity index (χ0v) is 7.99. The first kappa shape index (κ1) is 9.96. The molecule has 0 aromatic carbocycles. The Morgan fingerprint density at radius 3 is 2.75 bits per heavy atom. The summed E-state index contributed by atoms with van der Waals surface area (Å²) in [6.07, 6.45) is 1.26. The van der Waals surface area contributed by atoms with Gasteiger partial charge >= 0.3 is 0 Å². The summed E-state index contributed by atoms with van der Waals surface area (Å²) in [7, 11) is 0. The highest BCUT2D eigenvalue weighted by molar-refractivity contribution is 4.81. The van der Waals surface area contributed by atoms with Crippen molar-refractivity contribution in [1.82, 2.24) is 0 Å². The van der Waals surface area contributed by atoms with Crippen LogP contribution in [0.25, 0.3) is 0 Å². The van der Waals surface area contributed by atoms with Crippen molar-refractivity contribution >= 4 is 0 Å². The normalized spacial score (nSPS) is 36.2. The SMILES string of the molecule is CC(C)O[C@@H]1C[C@H](C)O[C@H]1CO. The Bertz CT molecular complexity index is 136. The van der Waals surface area contributed by atoms with E-state index in [9.17, 15) is 0 Å². The molecular weight excluding hydrogens is 156 g/mol. The van der Waals surface area contributed by atoms with Crippen LogP contribution < -0.4 is 0 Å². The third kappa shape index (κ3) is 2.44. The van der Waals surface area contributed by atoms with E-state index in [-0.39, 0.29) is 31.0 Å². The van der Waals surface area contributed by atoms with E-state index in [1.165, 1.54) is 0 Å². The van der Waals surface area contributed by atoms with E-state index in [1.54, 1.807) is 0 Å². The van der Waals surface area contributed by atoms with Gasteiger partial charge in [-0.05, 0) is 20.8 Å². The van der Waals surface area contributed by atoms with Crippen LogP contribution in [0.5, 0.6) is 0 Å². The van der Waals surface area contributed by atoms with Gasteiger partial charge in [0.25, 0.3) is 0 Å². The largest absolute Gasteiger partial charge is 0.394 e. The molecule has 1 aliphatic heterocycles. The fourth-order valence-electron chi connectivity index (χ4n) is 1.57. The molecule has 0 radical (unpaired) electrons. The monoisotopic (exact) mass is 174 g/mol. The first-order valence-electron chi connectivity index (χ1n) is 4.55.